The minimum absolute atomic E-state index is 0.116. The second-order valence-electron chi connectivity index (χ2n) is 5.84. The van der Waals surface area contributed by atoms with Gasteiger partial charge in [0.15, 0.2) is 5.82 Å². The lowest BCUT2D eigenvalue weighted by atomic mass is 10.2. The zero-order chi connectivity index (χ0) is 18.7. The average Bonchev–Trinajstić information content (AvgIpc) is 3.05. The minimum atomic E-state index is -0.328. The summed E-state index contributed by atoms with van der Waals surface area (Å²) in [4.78, 5) is 17.3. The Morgan fingerprint density at radius 3 is 2.54 bits per heavy atom. The molecule has 0 bridgehead atoms. The molecule has 1 heterocycles. The van der Waals surface area contributed by atoms with Crippen molar-refractivity contribution in [2.45, 2.75) is 20.0 Å². The van der Waals surface area contributed by atoms with Gasteiger partial charge >= 0.3 is 6.01 Å². The zero-order valence-corrected chi connectivity index (χ0v) is 15.4. The fraction of sp³-hybridized carbons (Fsp3) is 0.211. The molecule has 26 heavy (non-hydrogen) atoms. The molecule has 0 N–H and O–H groups in total. The molecule has 134 valence electrons. The summed E-state index contributed by atoms with van der Waals surface area (Å²) in [5, 5.41) is 4.79. The summed E-state index contributed by atoms with van der Waals surface area (Å²) in [5.74, 6) is 0.701. The highest BCUT2D eigenvalue weighted by atomic mass is 35.5. The Balaban J connectivity index is 2.08. The van der Waals surface area contributed by atoms with Crippen LogP contribution in [0.15, 0.2) is 48.5 Å². The van der Waals surface area contributed by atoms with Crippen LogP contribution < -0.4 is 9.47 Å². The molecule has 7 heteroatoms. The fourth-order valence-electron chi connectivity index (χ4n) is 2.36. The van der Waals surface area contributed by atoms with Crippen molar-refractivity contribution < 1.29 is 14.3 Å². The molecule has 0 unspecified atom stereocenters. The molecule has 6 nitrogen and oxygen atoms in total. The van der Waals surface area contributed by atoms with Crippen LogP contribution >= 0.6 is 11.6 Å². The predicted octanol–water partition coefficient (Wildman–Crippen LogP) is 4.08. The highest BCUT2D eigenvalue weighted by Crippen LogP contribution is 2.25. The number of carbonyl (C=O) groups is 1. The van der Waals surface area contributed by atoms with E-state index in [1.54, 1.807) is 37.4 Å². The van der Waals surface area contributed by atoms with Gasteiger partial charge < -0.3 is 9.47 Å². The van der Waals surface area contributed by atoms with E-state index in [0.29, 0.717) is 27.7 Å². The number of hydrogen-bond donors (Lipinski definition) is 0. The van der Waals surface area contributed by atoms with Crippen molar-refractivity contribution in [3.63, 3.8) is 0 Å². The first kappa shape index (κ1) is 17.9. The molecule has 3 rings (SSSR count). The van der Waals surface area contributed by atoms with Crippen molar-refractivity contribution in [2.75, 3.05) is 7.11 Å². The van der Waals surface area contributed by atoms with E-state index in [-0.39, 0.29) is 18.0 Å². The Morgan fingerprint density at radius 2 is 1.88 bits per heavy atom. The van der Waals surface area contributed by atoms with Crippen LogP contribution in [0.5, 0.6) is 11.8 Å². The van der Waals surface area contributed by atoms with Gasteiger partial charge in [0.05, 0.1) is 13.2 Å². The standard InChI is InChI=1S/C19H18ClN3O3/c1-12(2)26-19-21-17(14-5-4-6-16(11-14)25-3)23(22-19)18(24)13-7-9-15(20)10-8-13/h4-12H,1-3H3. The first-order valence-corrected chi connectivity index (χ1v) is 8.44. The summed E-state index contributed by atoms with van der Waals surface area (Å²) in [6, 6.07) is 14.0. The summed E-state index contributed by atoms with van der Waals surface area (Å²) >= 11 is 5.90. The van der Waals surface area contributed by atoms with Gasteiger partial charge in [-0.25, -0.2) is 0 Å². The van der Waals surface area contributed by atoms with Crippen LogP contribution in [0.1, 0.15) is 24.2 Å². The Kier molecular flexibility index (Phi) is 5.23. The maximum absolute atomic E-state index is 12.9. The molecule has 0 fully saturated rings. The Bertz CT molecular complexity index is 920. The number of carbonyl (C=O) groups excluding carboxylic acids is 1. The van der Waals surface area contributed by atoms with Gasteiger partial charge in [-0.2, -0.15) is 9.67 Å². The summed E-state index contributed by atoms with van der Waals surface area (Å²) in [7, 11) is 1.58. The van der Waals surface area contributed by atoms with E-state index >= 15 is 0 Å². The van der Waals surface area contributed by atoms with Gasteiger partial charge in [-0.1, -0.05) is 23.7 Å². The van der Waals surface area contributed by atoms with E-state index in [9.17, 15) is 4.79 Å². The quantitative estimate of drug-likeness (QED) is 0.676. The summed E-state index contributed by atoms with van der Waals surface area (Å²) in [6.07, 6.45) is -0.116. The van der Waals surface area contributed by atoms with Crippen molar-refractivity contribution in [1.82, 2.24) is 14.8 Å². The molecule has 0 radical (unpaired) electrons. The summed E-state index contributed by atoms with van der Waals surface area (Å²) in [6.45, 7) is 3.74. The maximum atomic E-state index is 12.9. The molecule has 0 aliphatic rings. The van der Waals surface area contributed by atoms with Crippen LogP contribution in [0.2, 0.25) is 5.02 Å². The number of benzene rings is 2. The number of methoxy groups -OCH3 is 1. The van der Waals surface area contributed by atoms with Crippen molar-refractivity contribution in [1.29, 1.82) is 0 Å². The SMILES string of the molecule is COc1cccc(-c2nc(OC(C)C)nn2C(=O)c2ccc(Cl)cc2)c1. The number of halogens is 1. The van der Waals surface area contributed by atoms with Crippen LogP contribution in [0.4, 0.5) is 0 Å². The van der Waals surface area contributed by atoms with Crippen LogP contribution in [0, 0.1) is 0 Å². The first-order valence-electron chi connectivity index (χ1n) is 8.06. The van der Waals surface area contributed by atoms with Gasteiger partial charge in [0.2, 0.25) is 0 Å². The monoisotopic (exact) mass is 371 g/mol. The van der Waals surface area contributed by atoms with Crippen molar-refractivity contribution in [2.24, 2.45) is 0 Å². The van der Waals surface area contributed by atoms with Gasteiger partial charge in [0.1, 0.15) is 5.75 Å². The molecular formula is C19H18ClN3O3. The number of nitrogens with zero attached hydrogens (tertiary/aromatic N) is 3. The molecule has 1 aromatic heterocycles. The van der Waals surface area contributed by atoms with Gasteiger partial charge in [-0.15, -0.1) is 5.10 Å². The lowest BCUT2D eigenvalue weighted by Crippen LogP contribution is -2.15. The first-order chi connectivity index (χ1) is 12.5. The normalized spacial score (nSPS) is 10.8. The van der Waals surface area contributed by atoms with Crippen LogP contribution in [-0.4, -0.2) is 33.9 Å². The lowest BCUT2D eigenvalue weighted by molar-refractivity contribution is 0.0943. The smallest absolute Gasteiger partial charge is 0.336 e. The lowest BCUT2D eigenvalue weighted by Gasteiger charge is -2.06. The molecule has 0 saturated heterocycles. The molecule has 0 spiro atoms. The Morgan fingerprint density at radius 1 is 1.15 bits per heavy atom. The molecular weight excluding hydrogens is 354 g/mol. The number of ether oxygens (including phenoxy) is 2. The molecule has 0 saturated carbocycles. The van der Waals surface area contributed by atoms with Gasteiger partial charge in [0.25, 0.3) is 5.91 Å². The third-order valence-electron chi connectivity index (χ3n) is 3.54. The van der Waals surface area contributed by atoms with E-state index in [1.165, 1.54) is 4.68 Å². The molecule has 0 atom stereocenters. The molecule has 3 aromatic rings. The fourth-order valence-corrected chi connectivity index (χ4v) is 2.49. The summed E-state index contributed by atoms with van der Waals surface area (Å²) in [5.41, 5.74) is 1.14. The van der Waals surface area contributed by atoms with E-state index in [2.05, 4.69) is 10.1 Å². The van der Waals surface area contributed by atoms with Gasteiger partial charge in [0, 0.05) is 16.1 Å². The largest absolute Gasteiger partial charge is 0.497 e. The number of aromatic nitrogens is 3. The van der Waals surface area contributed by atoms with Crippen LogP contribution in [0.25, 0.3) is 11.4 Å². The van der Waals surface area contributed by atoms with Crippen molar-refractivity contribution in [3.05, 3.63) is 59.1 Å². The second kappa shape index (κ2) is 7.58. The molecule has 0 amide bonds. The van der Waals surface area contributed by atoms with Gasteiger partial charge in [-0.05, 0) is 50.2 Å². The third-order valence-corrected chi connectivity index (χ3v) is 3.79. The Labute approximate surface area is 156 Å². The minimum Gasteiger partial charge on any atom is -0.497 e. The van der Waals surface area contributed by atoms with Crippen LogP contribution in [-0.2, 0) is 0 Å². The van der Waals surface area contributed by atoms with Crippen molar-refractivity contribution >= 4 is 17.5 Å². The third kappa shape index (κ3) is 3.86. The highest BCUT2D eigenvalue weighted by Gasteiger charge is 2.21. The summed E-state index contributed by atoms with van der Waals surface area (Å²) < 4.78 is 12.1. The van der Waals surface area contributed by atoms with E-state index in [4.69, 9.17) is 21.1 Å². The van der Waals surface area contributed by atoms with Crippen molar-refractivity contribution in [3.8, 4) is 23.1 Å². The molecule has 2 aromatic carbocycles. The maximum Gasteiger partial charge on any atom is 0.336 e. The Hall–Kier alpha value is -2.86. The molecule has 0 aliphatic heterocycles. The zero-order valence-electron chi connectivity index (χ0n) is 14.6. The van der Waals surface area contributed by atoms with E-state index in [0.717, 1.165) is 0 Å². The number of rotatable bonds is 5. The van der Waals surface area contributed by atoms with E-state index < -0.39 is 0 Å². The van der Waals surface area contributed by atoms with Crippen LogP contribution in [0.3, 0.4) is 0 Å². The molecule has 0 aliphatic carbocycles. The van der Waals surface area contributed by atoms with E-state index in [1.807, 2.05) is 32.0 Å². The second-order valence-corrected chi connectivity index (χ2v) is 6.28. The topological polar surface area (TPSA) is 66.2 Å². The highest BCUT2D eigenvalue weighted by molar-refractivity contribution is 6.30. The average molecular weight is 372 g/mol. The predicted molar refractivity (Wildman–Crippen MR) is 99.0 cm³/mol. The number of hydrogen-bond acceptors (Lipinski definition) is 5. The van der Waals surface area contributed by atoms with Gasteiger partial charge in [-0.3, -0.25) is 4.79 Å².